The summed E-state index contributed by atoms with van der Waals surface area (Å²) < 4.78 is 13.8. The topological polar surface area (TPSA) is 62.2 Å². The van der Waals surface area contributed by atoms with Crippen LogP contribution in [0.1, 0.15) is 15.4 Å². The van der Waals surface area contributed by atoms with Gasteiger partial charge in [0, 0.05) is 6.54 Å². The van der Waals surface area contributed by atoms with Crippen LogP contribution in [0.5, 0.6) is 5.75 Å². The lowest BCUT2D eigenvalue weighted by Gasteiger charge is -2.03. The lowest BCUT2D eigenvalue weighted by Crippen LogP contribution is -2.22. The second-order valence-corrected chi connectivity index (χ2v) is 5.51. The highest BCUT2D eigenvalue weighted by Gasteiger charge is 2.12. The summed E-state index contributed by atoms with van der Waals surface area (Å²) in [5.41, 5.74) is 1.34. The van der Waals surface area contributed by atoms with Crippen molar-refractivity contribution < 1.29 is 14.3 Å². The molecular formula is C15H11FN2O2S. The van der Waals surface area contributed by atoms with Gasteiger partial charge in [-0.05, 0) is 35.9 Å². The normalized spacial score (nSPS) is 10.7. The molecule has 21 heavy (non-hydrogen) atoms. The minimum Gasteiger partial charge on any atom is -0.508 e. The number of carbonyl (C=O) groups is 1. The van der Waals surface area contributed by atoms with Crippen LogP contribution in [0.3, 0.4) is 0 Å². The molecule has 3 aromatic rings. The Balaban J connectivity index is 1.74. The molecule has 106 valence electrons. The van der Waals surface area contributed by atoms with Crippen molar-refractivity contribution in [1.29, 1.82) is 0 Å². The fourth-order valence-electron chi connectivity index (χ4n) is 1.92. The van der Waals surface area contributed by atoms with E-state index in [-0.39, 0.29) is 24.0 Å². The number of amides is 1. The molecule has 1 aromatic heterocycles. The molecule has 0 radical (unpaired) electrons. The van der Waals surface area contributed by atoms with Gasteiger partial charge in [-0.15, -0.1) is 11.3 Å². The SMILES string of the molecule is O=C(NCc1cccc(F)c1)c1nc2ccc(O)cc2s1. The van der Waals surface area contributed by atoms with Crippen molar-refractivity contribution in [2.45, 2.75) is 6.54 Å². The first-order valence-electron chi connectivity index (χ1n) is 6.24. The van der Waals surface area contributed by atoms with Crippen molar-refractivity contribution in [3.8, 4) is 5.75 Å². The molecule has 0 aliphatic heterocycles. The van der Waals surface area contributed by atoms with Gasteiger partial charge in [0.15, 0.2) is 5.01 Å². The van der Waals surface area contributed by atoms with Crippen LogP contribution in [0.2, 0.25) is 0 Å². The second kappa shape index (κ2) is 5.49. The molecule has 0 aliphatic rings. The quantitative estimate of drug-likeness (QED) is 0.781. The highest BCUT2D eigenvalue weighted by atomic mass is 32.1. The number of phenolic OH excluding ortho intramolecular Hbond substituents is 1. The van der Waals surface area contributed by atoms with Crippen LogP contribution >= 0.6 is 11.3 Å². The second-order valence-electron chi connectivity index (χ2n) is 4.48. The third-order valence-corrected chi connectivity index (χ3v) is 3.93. The molecule has 0 saturated carbocycles. The van der Waals surface area contributed by atoms with Gasteiger partial charge in [0.25, 0.3) is 5.91 Å². The lowest BCUT2D eigenvalue weighted by atomic mass is 10.2. The highest BCUT2D eigenvalue weighted by molar-refractivity contribution is 7.20. The number of thiazole rings is 1. The summed E-state index contributed by atoms with van der Waals surface area (Å²) >= 11 is 1.20. The summed E-state index contributed by atoms with van der Waals surface area (Å²) in [5, 5.41) is 12.4. The van der Waals surface area contributed by atoms with Crippen molar-refractivity contribution in [2.24, 2.45) is 0 Å². The third kappa shape index (κ3) is 3.00. The summed E-state index contributed by atoms with van der Waals surface area (Å²) in [7, 11) is 0. The van der Waals surface area contributed by atoms with Crippen LogP contribution in [-0.4, -0.2) is 16.0 Å². The number of rotatable bonds is 3. The Kier molecular flexibility index (Phi) is 3.53. The number of halogens is 1. The third-order valence-electron chi connectivity index (χ3n) is 2.91. The van der Waals surface area contributed by atoms with Gasteiger partial charge in [0.2, 0.25) is 0 Å². The van der Waals surface area contributed by atoms with Gasteiger partial charge in [-0.25, -0.2) is 9.37 Å². The molecule has 0 spiro atoms. The minimum absolute atomic E-state index is 0.137. The first-order chi connectivity index (χ1) is 10.1. The van der Waals surface area contributed by atoms with E-state index < -0.39 is 0 Å². The largest absolute Gasteiger partial charge is 0.508 e. The summed E-state index contributed by atoms with van der Waals surface area (Å²) in [6.07, 6.45) is 0. The predicted octanol–water partition coefficient (Wildman–Crippen LogP) is 3.07. The zero-order valence-corrected chi connectivity index (χ0v) is 11.7. The van der Waals surface area contributed by atoms with E-state index >= 15 is 0 Å². The zero-order valence-electron chi connectivity index (χ0n) is 10.8. The molecule has 1 amide bonds. The molecule has 0 saturated heterocycles. The van der Waals surface area contributed by atoms with E-state index in [1.54, 1.807) is 24.3 Å². The molecule has 0 unspecified atom stereocenters. The maximum Gasteiger partial charge on any atom is 0.280 e. The van der Waals surface area contributed by atoms with Crippen LogP contribution in [0.25, 0.3) is 10.2 Å². The Bertz CT molecular complexity index is 816. The molecule has 4 nitrogen and oxygen atoms in total. The van der Waals surface area contributed by atoms with Crippen LogP contribution < -0.4 is 5.32 Å². The maximum atomic E-state index is 13.0. The summed E-state index contributed by atoms with van der Waals surface area (Å²) in [5.74, 6) is -0.518. The van der Waals surface area contributed by atoms with Crippen molar-refractivity contribution in [2.75, 3.05) is 0 Å². The summed E-state index contributed by atoms with van der Waals surface area (Å²) in [6.45, 7) is 0.234. The fraction of sp³-hybridized carbons (Fsp3) is 0.0667. The highest BCUT2D eigenvalue weighted by Crippen LogP contribution is 2.25. The van der Waals surface area contributed by atoms with Crippen LogP contribution in [0.4, 0.5) is 4.39 Å². The van der Waals surface area contributed by atoms with Crippen LogP contribution in [0, 0.1) is 5.82 Å². The van der Waals surface area contributed by atoms with Gasteiger partial charge >= 0.3 is 0 Å². The number of aromatic nitrogens is 1. The molecule has 0 bridgehead atoms. The number of hydrogen-bond donors (Lipinski definition) is 2. The number of fused-ring (bicyclic) bond motifs is 1. The number of aromatic hydroxyl groups is 1. The van der Waals surface area contributed by atoms with Crippen molar-refractivity contribution in [3.05, 3.63) is 58.9 Å². The first-order valence-corrected chi connectivity index (χ1v) is 7.06. The smallest absolute Gasteiger partial charge is 0.280 e. The van der Waals surface area contributed by atoms with E-state index in [1.165, 1.54) is 29.5 Å². The molecule has 0 fully saturated rings. The Hall–Kier alpha value is -2.47. The van der Waals surface area contributed by atoms with E-state index in [0.29, 0.717) is 16.1 Å². The van der Waals surface area contributed by atoms with Gasteiger partial charge in [-0.2, -0.15) is 0 Å². The van der Waals surface area contributed by atoms with E-state index in [4.69, 9.17) is 0 Å². The summed E-state index contributed by atoms with van der Waals surface area (Å²) in [4.78, 5) is 16.2. The molecule has 2 N–H and O–H groups in total. The van der Waals surface area contributed by atoms with Crippen molar-refractivity contribution >= 4 is 27.5 Å². The van der Waals surface area contributed by atoms with Crippen molar-refractivity contribution in [1.82, 2.24) is 10.3 Å². The monoisotopic (exact) mass is 302 g/mol. The standard InChI is InChI=1S/C15H11FN2O2S/c16-10-3-1-2-9(6-10)8-17-14(20)15-18-12-5-4-11(19)7-13(12)21-15/h1-7,19H,8H2,(H,17,20). The maximum absolute atomic E-state index is 13.0. The Morgan fingerprint density at radius 3 is 2.95 bits per heavy atom. The number of hydrogen-bond acceptors (Lipinski definition) is 4. The molecule has 6 heteroatoms. The Labute approximate surface area is 123 Å². The summed E-state index contributed by atoms with van der Waals surface area (Å²) in [6, 6.07) is 10.8. The van der Waals surface area contributed by atoms with Gasteiger partial charge in [-0.1, -0.05) is 12.1 Å². The van der Waals surface area contributed by atoms with E-state index in [2.05, 4.69) is 10.3 Å². The fourth-order valence-corrected chi connectivity index (χ4v) is 2.83. The number of nitrogens with zero attached hydrogens (tertiary/aromatic N) is 1. The van der Waals surface area contributed by atoms with Gasteiger partial charge < -0.3 is 10.4 Å². The van der Waals surface area contributed by atoms with Crippen LogP contribution in [-0.2, 0) is 6.54 Å². The molecular weight excluding hydrogens is 291 g/mol. The van der Waals surface area contributed by atoms with E-state index in [1.807, 2.05) is 0 Å². The van der Waals surface area contributed by atoms with Gasteiger partial charge in [0.05, 0.1) is 10.2 Å². The van der Waals surface area contributed by atoms with Crippen molar-refractivity contribution in [3.63, 3.8) is 0 Å². The molecule has 2 aromatic carbocycles. The first kappa shape index (κ1) is 13.5. The van der Waals surface area contributed by atoms with Crippen LogP contribution in [0.15, 0.2) is 42.5 Å². The van der Waals surface area contributed by atoms with Gasteiger partial charge in [-0.3, -0.25) is 4.79 Å². The Morgan fingerprint density at radius 1 is 1.29 bits per heavy atom. The number of benzene rings is 2. The number of phenols is 1. The number of nitrogens with one attached hydrogen (secondary N) is 1. The van der Waals surface area contributed by atoms with E-state index in [9.17, 15) is 14.3 Å². The molecule has 0 atom stereocenters. The minimum atomic E-state index is -0.336. The Morgan fingerprint density at radius 2 is 2.14 bits per heavy atom. The zero-order chi connectivity index (χ0) is 14.8. The number of carbonyl (C=O) groups excluding carboxylic acids is 1. The molecule has 3 rings (SSSR count). The molecule has 0 aliphatic carbocycles. The molecule has 1 heterocycles. The average molecular weight is 302 g/mol. The van der Waals surface area contributed by atoms with E-state index in [0.717, 1.165) is 4.70 Å². The predicted molar refractivity (Wildman–Crippen MR) is 78.9 cm³/mol. The average Bonchev–Trinajstić information content (AvgIpc) is 2.88. The lowest BCUT2D eigenvalue weighted by molar-refractivity contribution is 0.0950. The van der Waals surface area contributed by atoms with Gasteiger partial charge in [0.1, 0.15) is 11.6 Å².